The standard InChI is InChI=1S/C14H14N4O2/c1-4-20-11-6-10-9(5-7(11)2)17-12-13(18-10)15-8(3)16-14(12)19/h5-6H,3-4H2,1-2H3,(H,15,18)(H,16,19). The Kier molecular flexibility index (Phi) is 2.78. The fraction of sp³-hybridized carbons (Fsp3) is 0.214. The van der Waals surface area contributed by atoms with E-state index in [1.165, 1.54) is 0 Å². The van der Waals surface area contributed by atoms with E-state index in [-0.39, 0.29) is 10.9 Å². The van der Waals surface area contributed by atoms with Gasteiger partial charge in [-0.2, -0.15) is 0 Å². The van der Waals surface area contributed by atoms with Gasteiger partial charge >= 0.3 is 0 Å². The molecule has 0 unspecified atom stereocenters. The first kappa shape index (κ1) is 12.4. The number of anilines is 2. The van der Waals surface area contributed by atoms with Crippen molar-refractivity contribution in [1.82, 2.24) is 9.97 Å². The molecule has 0 fully saturated rings. The Morgan fingerprint density at radius 3 is 2.95 bits per heavy atom. The van der Waals surface area contributed by atoms with E-state index < -0.39 is 0 Å². The van der Waals surface area contributed by atoms with Gasteiger partial charge in [-0.15, -0.1) is 0 Å². The molecule has 0 saturated heterocycles. The average molecular weight is 270 g/mol. The summed E-state index contributed by atoms with van der Waals surface area (Å²) in [5.41, 5.74) is 2.44. The largest absolute Gasteiger partial charge is 0.494 e. The molecule has 2 heterocycles. The lowest BCUT2D eigenvalue weighted by atomic mass is 10.1. The Hall–Kier alpha value is -2.63. The van der Waals surface area contributed by atoms with Gasteiger partial charge in [-0.05, 0) is 25.5 Å². The minimum atomic E-state index is -0.301. The molecule has 0 bridgehead atoms. The first-order chi connectivity index (χ1) is 9.58. The summed E-state index contributed by atoms with van der Waals surface area (Å²) in [7, 11) is 0. The van der Waals surface area contributed by atoms with E-state index in [0.717, 1.165) is 17.0 Å². The van der Waals surface area contributed by atoms with Crippen molar-refractivity contribution < 1.29 is 4.74 Å². The molecule has 102 valence electrons. The van der Waals surface area contributed by atoms with Gasteiger partial charge in [0, 0.05) is 6.07 Å². The third-order valence-electron chi connectivity index (χ3n) is 3.02. The van der Waals surface area contributed by atoms with E-state index in [1.807, 2.05) is 26.0 Å². The molecule has 0 radical (unpaired) electrons. The molecule has 3 rings (SSSR count). The van der Waals surface area contributed by atoms with Gasteiger partial charge in [0.05, 0.1) is 18.0 Å². The zero-order valence-electron chi connectivity index (χ0n) is 11.3. The van der Waals surface area contributed by atoms with Crippen molar-refractivity contribution in [3.05, 3.63) is 38.9 Å². The van der Waals surface area contributed by atoms with Crippen LogP contribution >= 0.6 is 0 Å². The SMILES string of the molecule is C=c1nc2c(c(=O)[nH]1)=Nc1cc(C)c(OCC)cc1N2. The van der Waals surface area contributed by atoms with Crippen LogP contribution in [0.5, 0.6) is 5.75 Å². The normalized spacial score (nSPS) is 11.9. The van der Waals surface area contributed by atoms with Gasteiger partial charge in [0.2, 0.25) is 0 Å². The van der Waals surface area contributed by atoms with Gasteiger partial charge < -0.3 is 15.0 Å². The van der Waals surface area contributed by atoms with Gasteiger partial charge in [-0.25, -0.2) is 9.98 Å². The summed E-state index contributed by atoms with van der Waals surface area (Å²) in [5, 5.41) is 3.38. The predicted molar refractivity (Wildman–Crippen MR) is 76.5 cm³/mol. The minimum absolute atomic E-state index is 0.272. The maximum absolute atomic E-state index is 11.9. The first-order valence-electron chi connectivity index (χ1n) is 6.31. The second-order valence-corrected chi connectivity index (χ2v) is 4.51. The summed E-state index contributed by atoms with van der Waals surface area (Å²) in [5.74, 6) is 1.20. The Morgan fingerprint density at radius 1 is 1.40 bits per heavy atom. The van der Waals surface area contributed by atoms with Crippen LogP contribution in [-0.2, 0) is 0 Å². The maximum atomic E-state index is 11.9. The number of fused-ring (bicyclic) bond motifs is 2. The van der Waals surface area contributed by atoms with E-state index >= 15 is 0 Å². The van der Waals surface area contributed by atoms with E-state index in [9.17, 15) is 4.79 Å². The molecule has 0 atom stereocenters. The summed E-state index contributed by atoms with van der Waals surface area (Å²) in [4.78, 5) is 22.9. The number of hydrogen-bond acceptors (Lipinski definition) is 5. The van der Waals surface area contributed by atoms with Gasteiger partial charge in [0.25, 0.3) is 5.56 Å². The van der Waals surface area contributed by atoms with E-state index in [2.05, 4.69) is 26.9 Å². The molecule has 1 aromatic heterocycles. The number of benzene rings is 1. The van der Waals surface area contributed by atoms with Crippen LogP contribution in [-0.4, -0.2) is 16.6 Å². The van der Waals surface area contributed by atoms with Crippen molar-refractivity contribution in [1.29, 1.82) is 0 Å². The molecule has 20 heavy (non-hydrogen) atoms. The molecule has 1 aliphatic heterocycles. The predicted octanol–water partition coefficient (Wildman–Crippen LogP) is 0.896. The van der Waals surface area contributed by atoms with E-state index in [4.69, 9.17) is 4.74 Å². The zero-order valence-corrected chi connectivity index (χ0v) is 11.3. The maximum Gasteiger partial charge on any atom is 0.279 e. The molecule has 0 spiro atoms. The lowest BCUT2D eigenvalue weighted by molar-refractivity contribution is 0.338. The second-order valence-electron chi connectivity index (χ2n) is 4.51. The van der Waals surface area contributed by atoms with Crippen molar-refractivity contribution in [2.75, 3.05) is 11.9 Å². The van der Waals surface area contributed by atoms with Crippen molar-refractivity contribution in [2.24, 2.45) is 4.99 Å². The molecule has 1 aromatic carbocycles. The molecule has 6 nitrogen and oxygen atoms in total. The van der Waals surface area contributed by atoms with Gasteiger partial charge in [-0.1, -0.05) is 6.58 Å². The van der Waals surface area contributed by atoms with E-state index in [0.29, 0.717) is 23.6 Å². The molecule has 1 aliphatic rings. The highest BCUT2D eigenvalue weighted by Crippen LogP contribution is 2.35. The smallest absolute Gasteiger partial charge is 0.279 e. The Balaban J connectivity index is 2.24. The second kappa shape index (κ2) is 4.48. The molecular weight excluding hydrogens is 256 g/mol. The molecule has 2 aromatic rings. The summed E-state index contributed by atoms with van der Waals surface area (Å²) in [6, 6.07) is 3.75. The van der Waals surface area contributed by atoms with Crippen LogP contribution in [0.2, 0.25) is 0 Å². The molecule has 2 N–H and O–H groups in total. The molecular formula is C14H14N4O2. The van der Waals surface area contributed by atoms with Crippen molar-refractivity contribution >= 4 is 23.8 Å². The van der Waals surface area contributed by atoms with Crippen LogP contribution in [0.4, 0.5) is 17.2 Å². The number of aromatic nitrogens is 2. The number of ether oxygens (including phenoxy) is 1. The average Bonchev–Trinajstić information content (AvgIpc) is 2.38. The fourth-order valence-corrected chi connectivity index (χ4v) is 2.13. The van der Waals surface area contributed by atoms with Crippen molar-refractivity contribution in [3.8, 4) is 5.75 Å². The van der Waals surface area contributed by atoms with Crippen LogP contribution in [0, 0.1) is 6.92 Å². The van der Waals surface area contributed by atoms with Gasteiger partial charge in [-0.3, -0.25) is 4.79 Å². The van der Waals surface area contributed by atoms with Crippen LogP contribution in [0.1, 0.15) is 12.5 Å². The number of nitrogens with zero attached hydrogens (tertiary/aromatic N) is 2. The van der Waals surface area contributed by atoms with Crippen molar-refractivity contribution in [2.45, 2.75) is 13.8 Å². The van der Waals surface area contributed by atoms with Gasteiger partial charge in [0.1, 0.15) is 11.2 Å². The van der Waals surface area contributed by atoms with Crippen molar-refractivity contribution in [3.63, 3.8) is 0 Å². The van der Waals surface area contributed by atoms with Gasteiger partial charge in [0.15, 0.2) is 11.2 Å². The topological polar surface area (TPSA) is 79.4 Å². The van der Waals surface area contributed by atoms with Crippen LogP contribution < -0.4 is 26.4 Å². The molecule has 0 saturated carbocycles. The summed E-state index contributed by atoms with van der Waals surface area (Å²) in [6.45, 7) is 8.10. The third-order valence-corrected chi connectivity index (χ3v) is 3.02. The summed E-state index contributed by atoms with van der Waals surface area (Å²) in [6.07, 6.45) is 0. The zero-order chi connectivity index (χ0) is 14.3. The number of hydrogen-bond donors (Lipinski definition) is 2. The van der Waals surface area contributed by atoms with Crippen LogP contribution in [0.25, 0.3) is 6.58 Å². The fourth-order valence-electron chi connectivity index (χ4n) is 2.13. The van der Waals surface area contributed by atoms with Crippen LogP contribution in [0.15, 0.2) is 21.9 Å². The number of rotatable bonds is 2. The molecule has 0 amide bonds. The van der Waals surface area contributed by atoms with E-state index in [1.54, 1.807) is 0 Å². The highest BCUT2D eigenvalue weighted by Gasteiger charge is 2.15. The number of aryl methyl sites for hydroxylation is 1. The monoisotopic (exact) mass is 270 g/mol. The highest BCUT2D eigenvalue weighted by atomic mass is 16.5. The Labute approximate surface area is 114 Å². The lowest BCUT2D eigenvalue weighted by Gasteiger charge is -2.16. The Bertz CT molecular complexity index is 855. The highest BCUT2D eigenvalue weighted by molar-refractivity contribution is 5.75. The molecule has 6 heteroatoms. The van der Waals surface area contributed by atoms with Crippen LogP contribution in [0.3, 0.4) is 0 Å². The molecule has 0 aliphatic carbocycles. The number of aromatic amines is 1. The summed E-state index contributed by atoms with van der Waals surface area (Å²) >= 11 is 0. The number of nitrogens with one attached hydrogen (secondary N) is 2. The first-order valence-corrected chi connectivity index (χ1v) is 6.31. The lowest BCUT2D eigenvalue weighted by Crippen LogP contribution is -2.38. The quantitative estimate of drug-likeness (QED) is 0.725. The minimum Gasteiger partial charge on any atom is -0.494 e. The summed E-state index contributed by atoms with van der Waals surface area (Å²) < 4.78 is 5.56. The third kappa shape index (κ3) is 1.95. The number of H-pyrrole nitrogens is 1. The Morgan fingerprint density at radius 2 is 2.20 bits per heavy atom.